The third-order valence-electron chi connectivity index (χ3n) is 5.48. The van der Waals surface area contributed by atoms with Gasteiger partial charge < -0.3 is 20.3 Å². The van der Waals surface area contributed by atoms with Crippen molar-refractivity contribution in [1.82, 2.24) is 10.2 Å². The van der Waals surface area contributed by atoms with Crippen LogP contribution in [0.1, 0.15) is 49.1 Å². The number of alkyl carbamates (subject to hydrolysis) is 1. The molecule has 2 aromatic rings. The molecule has 0 saturated heterocycles. The lowest BCUT2D eigenvalue weighted by molar-refractivity contribution is -0.139. The van der Waals surface area contributed by atoms with Crippen molar-refractivity contribution in [2.75, 3.05) is 17.6 Å². The highest BCUT2D eigenvalue weighted by Crippen LogP contribution is 2.29. The van der Waals surface area contributed by atoms with Gasteiger partial charge in [-0.3, -0.25) is 9.59 Å². The number of anilines is 1. The van der Waals surface area contributed by atoms with E-state index in [0.717, 1.165) is 11.1 Å². The molecule has 196 valence electrons. The standard InChI is InChI=1S/C29H35N3O4S/c1-8-17-32(27(34)23(18-37)30-28(35)36-29(5,6)7)25(22-16-11-10-15-21(22)9-2)26(33)31-24-19(3)13-12-14-20(24)4/h2,8,10-16,23,25,37H,1,17-18H2,3-7H3,(H,30,35)(H,31,33). The number of nitrogens with zero attached hydrogens (tertiary/aromatic N) is 1. The van der Waals surface area contributed by atoms with E-state index in [2.05, 4.69) is 35.8 Å². The number of hydrogen-bond donors (Lipinski definition) is 3. The normalized spacial score (nSPS) is 12.5. The van der Waals surface area contributed by atoms with Crippen LogP contribution in [0.25, 0.3) is 0 Å². The first-order valence-corrected chi connectivity index (χ1v) is 12.5. The monoisotopic (exact) mass is 521 g/mol. The summed E-state index contributed by atoms with van der Waals surface area (Å²) in [5, 5.41) is 5.55. The third-order valence-corrected chi connectivity index (χ3v) is 5.85. The summed E-state index contributed by atoms with van der Waals surface area (Å²) in [6.07, 6.45) is 6.51. The van der Waals surface area contributed by atoms with Crippen LogP contribution in [0, 0.1) is 26.2 Å². The summed E-state index contributed by atoms with van der Waals surface area (Å²) in [6, 6.07) is 10.4. The Kier molecular flexibility index (Phi) is 10.4. The van der Waals surface area contributed by atoms with E-state index in [1.807, 2.05) is 32.0 Å². The van der Waals surface area contributed by atoms with Crippen molar-refractivity contribution in [2.24, 2.45) is 0 Å². The molecule has 2 rings (SSSR count). The van der Waals surface area contributed by atoms with Gasteiger partial charge in [0.1, 0.15) is 17.7 Å². The number of aryl methyl sites for hydroxylation is 2. The number of nitrogens with one attached hydrogen (secondary N) is 2. The molecule has 37 heavy (non-hydrogen) atoms. The lowest BCUT2D eigenvalue weighted by Gasteiger charge is -2.34. The van der Waals surface area contributed by atoms with Crippen molar-refractivity contribution in [1.29, 1.82) is 0 Å². The van der Waals surface area contributed by atoms with E-state index in [0.29, 0.717) is 16.8 Å². The van der Waals surface area contributed by atoms with Crippen LogP contribution in [0.15, 0.2) is 55.1 Å². The van der Waals surface area contributed by atoms with Crippen LogP contribution in [-0.2, 0) is 14.3 Å². The molecule has 0 radical (unpaired) electrons. The van der Waals surface area contributed by atoms with Gasteiger partial charge in [-0.25, -0.2) is 4.79 Å². The van der Waals surface area contributed by atoms with Crippen LogP contribution < -0.4 is 10.6 Å². The van der Waals surface area contributed by atoms with Gasteiger partial charge in [-0.15, -0.1) is 13.0 Å². The van der Waals surface area contributed by atoms with Crippen molar-refractivity contribution < 1.29 is 19.1 Å². The molecule has 0 saturated carbocycles. The van der Waals surface area contributed by atoms with Gasteiger partial charge in [0.15, 0.2) is 0 Å². The smallest absolute Gasteiger partial charge is 0.408 e. The Morgan fingerprint density at radius 2 is 1.76 bits per heavy atom. The highest BCUT2D eigenvalue weighted by molar-refractivity contribution is 7.80. The molecule has 8 heteroatoms. The van der Waals surface area contributed by atoms with Crippen LogP contribution in [0.2, 0.25) is 0 Å². The number of rotatable bonds is 9. The second-order valence-electron chi connectivity index (χ2n) is 9.55. The Hall–Kier alpha value is -3.70. The molecule has 0 heterocycles. The van der Waals surface area contributed by atoms with Crippen LogP contribution in [0.5, 0.6) is 0 Å². The van der Waals surface area contributed by atoms with Crippen LogP contribution in [0.3, 0.4) is 0 Å². The molecule has 0 fully saturated rings. The number of terminal acetylenes is 1. The molecular weight excluding hydrogens is 486 g/mol. The zero-order valence-corrected chi connectivity index (χ0v) is 22.9. The second-order valence-corrected chi connectivity index (χ2v) is 9.92. The molecular formula is C29H35N3O4S. The number of amides is 3. The maximum absolute atomic E-state index is 13.9. The quantitative estimate of drug-likeness (QED) is 0.251. The van der Waals surface area contributed by atoms with Crippen molar-refractivity contribution in [2.45, 2.75) is 52.3 Å². The van der Waals surface area contributed by atoms with Gasteiger partial charge in [0.2, 0.25) is 5.91 Å². The van der Waals surface area contributed by atoms with Crippen molar-refractivity contribution in [3.63, 3.8) is 0 Å². The average molecular weight is 522 g/mol. The number of para-hydroxylation sites is 1. The lowest BCUT2D eigenvalue weighted by Crippen LogP contribution is -2.53. The summed E-state index contributed by atoms with van der Waals surface area (Å²) in [7, 11) is 0. The summed E-state index contributed by atoms with van der Waals surface area (Å²) in [6.45, 7) is 12.7. The predicted molar refractivity (Wildman–Crippen MR) is 151 cm³/mol. The molecule has 0 aliphatic heterocycles. The van der Waals surface area contributed by atoms with Crippen LogP contribution in [0.4, 0.5) is 10.5 Å². The molecule has 7 nitrogen and oxygen atoms in total. The summed E-state index contributed by atoms with van der Waals surface area (Å²) >= 11 is 4.28. The van der Waals surface area contributed by atoms with Gasteiger partial charge >= 0.3 is 6.09 Å². The van der Waals surface area contributed by atoms with Gasteiger partial charge in [-0.05, 0) is 57.4 Å². The fourth-order valence-corrected chi connectivity index (χ4v) is 4.07. The van der Waals surface area contributed by atoms with E-state index in [9.17, 15) is 14.4 Å². The van der Waals surface area contributed by atoms with Crippen LogP contribution >= 0.6 is 12.6 Å². The fraction of sp³-hybridized carbons (Fsp3) is 0.345. The summed E-state index contributed by atoms with van der Waals surface area (Å²) < 4.78 is 5.31. The largest absolute Gasteiger partial charge is 0.444 e. The summed E-state index contributed by atoms with van der Waals surface area (Å²) in [4.78, 5) is 41.5. The van der Waals surface area contributed by atoms with E-state index in [1.165, 1.54) is 11.0 Å². The minimum Gasteiger partial charge on any atom is -0.444 e. The Morgan fingerprint density at radius 1 is 1.14 bits per heavy atom. The third kappa shape index (κ3) is 7.89. The van der Waals surface area contributed by atoms with Gasteiger partial charge in [-0.2, -0.15) is 12.6 Å². The lowest BCUT2D eigenvalue weighted by atomic mass is 9.97. The van der Waals surface area contributed by atoms with E-state index in [4.69, 9.17) is 11.2 Å². The van der Waals surface area contributed by atoms with Crippen LogP contribution in [-0.4, -0.2) is 46.7 Å². The first-order valence-electron chi connectivity index (χ1n) is 11.9. The van der Waals surface area contributed by atoms with Crippen molar-refractivity contribution in [3.8, 4) is 12.3 Å². The van der Waals surface area contributed by atoms with Gasteiger partial charge in [0.05, 0.1) is 0 Å². The molecule has 0 aliphatic carbocycles. The topological polar surface area (TPSA) is 87.7 Å². The molecule has 2 unspecified atom stereocenters. The van der Waals surface area contributed by atoms with E-state index in [-0.39, 0.29) is 12.3 Å². The highest BCUT2D eigenvalue weighted by atomic mass is 32.1. The number of carbonyl (C=O) groups excluding carboxylic acids is 3. The van der Waals surface area contributed by atoms with E-state index in [1.54, 1.807) is 45.0 Å². The molecule has 3 amide bonds. The summed E-state index contributed by atoms with van der Waals surface area (Å²) in [5.41, 5.74) is 2.58. The fourth-order valence-electron chi connectivity index (χ4n) is 3.82. The predicted octanol–water partition coefficient (Wildman–Crippen LogP) is 4.80. The van der Waals surface area contributed by atoms with Gasteiger partial charge in [-0.1, -0.05) is 48.4 Å². The first kappa shape index (κ1) is 29.5. The molecule has 2 aromatic carbocycles. The molecule has 0 aromatic heterocycles. The average Bonchev–Trinajstić information content (AvgIpc) is 2.83. The zero-order chi connectivity index (χ0) is 27.8. The summed E-state index contributed by atoms with van der Waals surface area (Å²) in [5.74, 6) is 1.60. The Morgan fingerprint density at radius 3 is 2.30 bits per heavy atom. The Balaban J connectivity index is 2.56. The maximum atomic E-state index is 13.9. The minimum absolute atomic E-state index is 0.0167. The van der Waals surface area contributed by atoms with E-state index < -0.39 is 35.6 Å². The second kappa shape index (κ2) is 13.0. The number of benzene rings is 2. The molecule has 2 atom stereocenters. The molecule has 0 aliphatic rings. The number of hydrogen-bond acceptors (Lipinski definition) is 5. The SMILES string of the molecule is C#Cc1ccccc1C(C(=O)Nc1c(C)cccc1C)N(CC=C)C(=O)C(CS)NC(=O)OC(C)(C)C. The van der Waals surface area contributed by atoms with Gasteiger partial charge in [0, 0.05) is 23.5 Å². The molecule has 2 N–H and O–H groups in total. The van der Waals surface area contributed by atoms with Gasteiger partial charge in [0.25, 0.3) is 5.91 Å². The highest BCUT2D eigenvalue weighted by Gasteiger charge is 2.36. The Bertz CT molecular complexity index is 1180. The maximum Gasteiger partial charge on any atom is 0.408 e. The number of ether oxygens (including phenoxy) is 1. The molecule has 0 bridgehead atoms. The number of carbonyl (C=O) groups is 3. The minimum atomic E-state index is -1.11. The van der Waals surface area contributed by atoms with Crippen molar-refractivity contribution >= 4 is 36.2 Å². The molecule has 0 spiro atoms. The van der Waals surface area contributed by atoms with E-state index >= 15 is 0 Å². The first-order chi connectivity index (χ1) is 17.4. The Labute approximate surface area is 225 Å². The zero-order valence-electron chi connectivity index (χ0n) is 22.0. The number of thiol groups is 1. The van der Waals surface area contributed by atoms with Crippen molar-refractivity contribution in [3.05, 3.63) is 77.4 Å².